The molecule has 1 saturated carbocycles. The van der Waals surface area contributed by atoms with E-state index in [4.69, 9.17) is 0 Å². The van der Waals surface area contributed by atoms with Gasteiger partial charge in [-0.3, -0.25) is 4.90 Å². The largest absolute Gasteiger partial charge is 0.314 e. The monoisotopic (exact) mass is 258 g/mol. The summed E-state index contributed by atoms with van der Waals surface area (Å²) in [4.78, 5) is 2.74. The number of piperazine rings is 1. The molecule has 19 heavy (non-hydrogen) atoms. The zero-order valence-electron chi connectivity index (χ0n) is 12.6. The van der Waals surface area contributed by atoms with Gasteiger partial charge in [-0.05, 0) is 16.4 Å². The molecule has 1 aliphatic heterocycles. The fourth-order valence-corrected chi connectivity index (χ4v) is 4.00. The summed E-state index contributed by atoms with van der Waals surface area (Å²) in [6.45, 7) is 13.0. The molecule has 1 aromatic carbocycles. The van der Waals surface area contributed by atoms with Crippen molar-refractivity contribution in [3.8, 4) is 0 Å². The summed E-state index contributed by atoms with van der Waals surface area (Å²) >= 11 is 0. The minimum absolute atomic E-state index is 0.428. The van der Waals surface area contributed by atoms with Crippen molar-refractivity contribution < 1.29 is 0 Å². The molecule has 0 radical (unpaired) electrons. The van der Waals surface area contributed by atoms with Crippen LogP contribution in [0.5, 0.6) is 0 Å². The standard InChI is InChI=1S/C17H26N2/c1-16(2)15(17(16,3)4)19-11-10-18-12-14(19)13-8-6-5-7-9-13/h5-9,14-15,18H,10-12H2,1-4H3. The molecule has 0 bridgehead atoms. The first-order valence-corrected chi connectivity index (χ1v) is 7.47. The lowest BCUT2D eigenvalue weighted by Gasteiger charge is -2.38. The quantitative estimate of drug-likeness (QED) is 0.877. The Kier molecular flexibility index (Phi) is 2.99. The van der Waals surface area contributed by atoms with Gasteiger partial charge in [0.05, 0.1) is 0 Å². The number of nitrogens with zero attached hydrogens (tertiary/aromatic N) is 1. The van der Waals surface area contributed by atoms with Crippen LogP contribution in [0, 0.1) is 10.8 Å². The second kappa shape index (κ2) is 4.32. The van der Waals surface area contributed by atoms with Crippen LogP contribution in [-0.2, 0) is 0 Å². The Morgan fingerprint density at radius 2 is 1.68 bits per heavy atom. The van der Waals surface area contributed by atoms with Gasteiger partial charge in [-0.2, -0.15) is 0 Å². The summed E-state index contributed by atoms with van der Waals surface area (Å²) in [6, 6.07) is 12.2. The lowest BCUT2D eigenvalue weighted by Crippen LogP contribution is -2.48. The van der Waals surface area contributed by atoms with E-state index in [0.717, 1.165) is 19.6 Å². The Labute approximate surface area is 117 Å². The third kappa shape index (κ3) is 1.93. The average Bonchev–Trinajstić information content (AvgIpc) is 2.81. The van der Waals surface area contributed by atoms with Gasteiger partial charge in [0.15, 0.2) is 0 Å². The number of nitrogens with one attached hydrogen (secondary N) is 1. The smallest absolute Gasteiger partial charge is 0.0476 e. The molecule has 1 saturated heterocycles. The number of hydrogen-bond donors (Lipinski definition) is 1. The average molecular weight is 258 g/mol. The predicted octanol–water partition coefficient (Wildman–Crippen LogP) is 3.07. The van der Waals surface area contributed by atoms with Crippen LogP contribution in [0.1, 0.15) is 39.3 Å². The maximum absolute atomic E-state index is 3.56. The van der Waals surface area contributed by atoms with Crippen molar-refractivity contribution in [1.29, 1.82) is 0 Å². The second-order valence-electron chi connectivity index (χ2n) is 7.21. The summed E-state index contributed by atoms with van der Waals surface area (Å²) in [5.74, 6) is 0. The van der Waals surface area contributed by atoms with E-state index in [1.807, 2.05) is 0 Å². The minimum atomic E-state index is 0.428. The molecule has 2 heteroatoms. The Balaban J connectivity index is 1.88. The van der Waals surface area contributed by atoms with Crippen LogP contribution < -0.4 is 5.32 Å². The highest BCUT2D eigenvalue weighted by molar-refractivity contribution is 5.25. The van der Waals surface area contributed by atoms with Gasteiger partial charge in [-0.15, -0.1) is 0 Å². The lowest BCUT2D eigenvalue weighted by molar-refractivity contribution is 0.128. The molecular weight excluding hydrogens is 232 g/mol. The summed E-state index contributed by atoms with van der Waals surface area (Å²) < 4.78 is 0. The molecule has 1 N–H and O–H groups in total. The first-order valence-electron chi connectivity index (χ1n) is 7.47. The third-order valence-corrected chi connectivity index (χ3v) is 5.75. The van der Waals surface area contributed by atoms with E-state index in [9.17, 15) is 0 Å². The van der Waals surface area contributed by atoms with E-state index in [-0.39, 0.29) is 0 Å². The zero-order chi connectivity index (χ0) is 13.7. The number of hydrogen-bond acceptors (Lipinski definition) is 2. The van der Waals surface area contributed by atoms with Crippen LogP contribution >= 0.6 is 0 Å². The van der Waals surface area contributed by atoms with Gasteiger partial charge in [-0.1, -0.05) is 58.0 Å². The molecule has 3 rings (SSSR count). The molecular formula is C17H26N2. The molecule has 0 amide bonds. The van der Waals surface area contributed by atoms with Crippen molar-refractivity contribution in [3.05, 3.63) is 35.9 Å². The molecule has 2 nitrogen and oxygen atoms in total. The van der Waals surface area contributed by atoms with Gasteiger partial charge in [0.1, 0.15) is 0 Å². The summed E-state index contributed by atoms with van der Waals surface area (Å²) in [7, 11) is 0. The molecule has 1 atom stereocenters. The highest BCUT2D eigenvalue weighted by Crippen LogP contribution is 2.66. The van der Waals surface area contributed by atoms with Crippen LogP contribution in [0.3, 0.4) is 0 Å². The first kappa shape index (κ1) is 13.1. The summed E-state index contributed by atoms with van der Waals surface area (Å²) in [5.41, 5.74) is 2.31. The van der Waals surface area contributed by atoms with Crippen LogP contribution in [0.2, 0.25) is 0 Å². The van der Waals surface area contributed by atoms with Crippen molar-refractivity contribution in [2.75, 3.05) is 19.6 Å². The van der Waals surface area contributed by atoms with Crippen LogP contribution in [0.15, 0.2) is 30.3 Å². The normalized spacial score (nSPS) is 30.2. The Morgan fingerprint density at radius 3 is 2.26 bits per heavy atom. The van der Waals surface area contributed by atoms with Crippen molar-refractivity contribution in [2.45, 2.75) is 39.8 Å². The van der Waals surface area contributed by atoms with Gasteiger partial charge >= 0.3 is 0 Å². The second-order valence-corrected chi connectivity index (χ2v) is 7.21. The zero-order valence-corrected chi connectivity index (χ0v) is 12.6. The molecule has 0 aromatic heterocycles. The Bertz CT molecular complexity index is 436. The van der Waals surface area contributed by atoms with E-state index in [2.05, 4.69) is 68.2 Å². The Morgan fingerprint density at radius 1 is 1.05 bits per heavy atom. The summed E-state index contributed by atoms with van der Waals surface area (Å²) in [5, 5.41) is 3.56. The van der Waals surface area contributed by atoms with Gasteiger partial charge in [0, 0.05) is 31.7 Å². The number of benzene rings is 1. The van der Waals surface area contributed by atoms with Crippen molar-refractivity contribution in [1.82, 2.24) is 10.2 Å². The molecule has 2 aliphatic rings. The SMILES string of the molecule is CC1(C)C(N2CCNCC2c2ccccc2)C1(C)C. The van der Waals surface area contributed by atoms with E-state index in [1.165, 1.54) is 5.56 Å². The van der Waals surface area contributed by atoms with Gasteiger partial charge in [0.25, 0.3) is 0 Å². The lowest BCUT2D eigenvalue weighted by atomic mass is 10.0. The highest BCUT2D eigenvalue weighted by Gasteiger charge is 2.67. The van der Waals surface area contributed by atoms with E-state index in [0.29, 0.717) is 22.9 Å². The minimum Gasteiger partial charge on any atom is -0.314 e. The topological polar surface area (TPSA) is 15.3 Å². The Hall–Kier alpha value is -0.860. The van der Waals surface area contributed by atoms with Crippen molar-refractivity contribution in [3.63, 3.8) is 0 Å². The van der Waals surface area contributed by atoms with Crippen molar-refractivity contribution in [2.24, 2.45) is 10.8 Å². The van der Waals surface area contributed by atoms with E-state index in [1.54, 1.807) is 0 Å². The fraction of sp³-hybridized carbons (Fsp3) is 0.647. The molecule has 1 unspecified atom stereocenters. The van der Waals surface area contributed by atoms with Crippen molar-refractivity contribution >= 4 is 0 Å². The van der Waals surface area contributed by atoms with Gasteiger partial charge < -0.3 is 5.32 Å². The molecule has 104 valence electrons. The predicted molar refractivity (Wildman–Crippen MR) is 80.1 cm³/mol. The van der Waals surface area contributed by atoms with E-state index < -0.39 is 0 Å². The van der Waals surface area contributed by atoms with Crippen LogP contribution in [-0.4, -0.2) is 30.6 Å². The maximum Gasteiger partial charge on any atom is 0.0476 e. The molecule has 0 spiro atoms. The third-order valence-electron chi connectivity index (χ3n) is 5.75. The van der Waals surface area contributed by atoms with Crippen LogP contribution in [0.25, 0.3) is 0 Å². The fourth-order valence-electron chi connectivity index (χ4n) is 4.00. The molecule has 1 aromatic rings. The first-order chi connectivity index (χ1) is 8.96. The number of rotatable bonds is 2. The maximum atomic E-state index is 3.56. The van der Waals surface area contributed by atoms with Gasteiger partial charge in [-0.25, -0.2) is 0 Å². The van der Waals surface area contributed by atoms with Crippen LogP contribution in [0.4, 0.5) is 0 Å². The van der Waals surface area contributed by atoms with Gasteiger partial charge in [0.2, 0.25) is 0 Å². The summed E-state index contributed by atoms with van der Waals surface area (Å²) in [6.07, 6.45) is 0. The highest BCUT2D eigenvalue weighted by atomic mass is 15.3. The molecule has 1 heterocycles. The van der Waals surface area contributed by atoms with E-state index >= 15 is 0 Å². The molecule has 2 fully saturated rings. The molecule has 1 aliphatic carbocycles.